The van der Waals surface area contributed by atoms with E-state index >= 15 is 0 Å². The van der Waals surface area contributed by atoms with E-state index in [1.54, 1.807) is 31.5 Å². The highest BCUT2D eigenvalue weighted by molar-refractivity contribution is 7.22. The van der Waals surface area contributed by atoms with Gasteiger partial charge >= 0.3 is 5.97 Å². The monoisotopic (exact) mass is 773 g/mol. The molecule has 0 spiro atoms. The van der Waals surface area contributed by atoms with Crippen LogP contribution in [0.5, 0.6) is 17.4 Å². The minimum Gasteiger partial charge on any atom is -0.496 e. The highest BCUT2D eigenvalue weighted by Gasteiger charge is 2.27. The van der Waals surface area contributed by atoms with Crippen LogP contribution in [-0.2, 0) is 30.7 Å². The number of nitrogens with zero attached hydrogens (tertiary/aromatic N) is 4. The van der Waals surface area contributed by atoms with Gasteiger partial charge in [0.05, 0.1) is 29.5 Å². The standard InChI is InChI=1S/C42H33ClFN5O5S/c1-3-32(43)33-9-6-8-31-37-40(47-24-48-41(37)55-38(31)26-12-14-28(44)15-13-26)54-36(42(50)51)22-27-21-25(17-19-45-33)11-16-34(27)53-23-29-18-20-46-39(49-29)30-7-4-5-10-35(30)52-2/h1,4-7,9-16,18,20-21,24,36,45H,8,17,19,22-23H2,2H3,(H,50,51)/b9-6-,33-32-/t36-/m1/s1. The summed E-state index contributed by atoms with van der Waals surface area (Å²) in [6.45, 7) is 0.558. The third-order valence-corrected chi connectivity index (χ3v) is 10.4. The molecule has 2 bridgehead atoms. The molecule has 3 aromatic heterocycles. The van der Waals surface area contributed by atoms with Gasteiger partial charge in [-0.25, -0.2) is 29.1 Å². The number of aliphatic carboxylic acids is 1. The second-order valence-electron chi connectivity index (χ2n) is 12.4. The number of nitrogens with one attached hydrogen (secondary N) is 1. The van der Waals surface area contributed by atoms with Crippen LogP contribution >= 0.6 is 22.9 Å². The highest BCUT2D eigenvalue weighted by atomic mass is 35.5. The number of methoxy groups -OCH3 is 1. The highest BCUT2D eigenvalue weighted by Crippen LogP contribution is 2.42. The molecule has 0 saturated heterocycles. The average Bonchev–Trinajstić information content (AvgIpc) is 3.58. The Morgan fingerprint density at radius 3 is 2.75 bits per heavy atom. The van der Waals surface area contributed by atoms with Crippen molar-refractivity contribution in [1.82, 2.24) is 25.3 Å². The molecule has 0 aliphatic carbocycles. The summed E-state index contributed by atoms with van der Waals surface area (Å²) >= 11 is 7.85. The topological polar surface area (TPSA) is 129 Å². The maximum atomic E-state index is 14.0. The van der Waals surface area contributed by atoms with E-state index in [2.05, 4.69) is 26.2 Å². The van der Waals surface area contributed by atoms with E-state index in [1.807, 2.05) is 54.6 Å². The molecule has 6 aromatic rings. The molecule has 2 N–H and O–H groups in total. The Hall–Kier alpha value is -6.29. The van der Waals surface area contributed by atoms with Gasteiger partial charge in [0.15, 0.2) is 5.82 Å². The lowest BCUT2D eigenvalue weighted by molar-refractivity contribution is -0.145. The summed E-state index contributed by atoms with van der Waals surface area (Å²) in [5.41, 5.74) is 4.97. The number of halogens is 2. The summed E-state index contributed by atoms with van der Waals surface area (Å²) in [4.78, 5) is 32.4. The van der Waals surface area contributed by atoms with Crippen molar-refractivity contribution < 1.29 is 28.5 Å². The van der Waals surface area contributed by atoms with Crippen LogP contribution in [0.1, 0.15) is 22.4 Å². The predicted molar refractivity (Wildman–Crippen MR) is 210 cm³/mol. The fourth-order valence-corrected chi connectivity index (χ4v) is 7.49. The number of aromatic nitrogens is 4. The van der Waals surface area contributed by atoms with E-state index in [0.717, 1.165) is 27.1 Å². The Labute approximate surface area is 325 Å². The van der Waals surface area contributed by atoms with Crippen molar-refractivity contribution in [3.05, 3.63) is 136 Å². The molecule has 276 valence electrons. The molecule has 55 heavy (non-hydrogen) atoms. The number of ether oxygens (including phenoxy) is 3. The van der Waals surface area contributed by atoms with E-state index in [9.17, 15) is 14.3 Å². The SMILES string of the molecule is C#C/C(Cl)=C1\C=C/Cc2c(-c3ccc(F)cc3)sc3ncnc(c23)O[C@@H](C(=O)O)Cc2cc(ccc2OCc2ccnc(-c3ccccc3OC)n2)CCN1. The molecule has 0 fully saturated rings. The van der Waals surface area contributed by atoms with Gasteiger partial charge in [-0.3, -0.25) is 0 Å². The molecule has 7 rings (SSSR count). The van der Waals surface area contributed by atoms with Crippen molar-refractivity contribution in [3.8, 4) is 51.6 Å². The fraction of sp³-hybridized carbons (Fsp3) is 0.167. The zero-order chi connectivity index (χ0) is 38.3. The van der Waals surface area contributed by atoms with Crippen LogP contribution < -0.4 is 19.5 Å². The van der Waals surface area contributed by atoms with Crippen LogP contribution in [-0.4, -0.2) is 50.8 Å². The average molecular weight is 774 g/mol. The molecule has 1 atom stereocenters. The molecule has 0 unspecified atom stereocenters. The minimum absolute atomic E-state index is 0.0497. The molecule has 0 saturated carbocycles. The third kappa shape index (κ3) is 8.44. The molecule has 10 nitrogen and oxygen atoms in total. The van der Waals surface area contributed by atoms with Crippen molar-refractivity contribution in [2.75, 3.05) is 13.7 Å². The number of para-hydroxylation sites is 1. The first-order valence-electron chi connectivity index (χ1n) is 17.2. The fourth-order valence-electron chi connectivity index (χ4n) is 6.19. The lowest BCUT2D eigenvalue weighted by Gasteiger charge is -2.19. The summed E-state index contributed by atoms with van der Waals surface area (Å²) in [5, 5.41) is 14.6. The molecule has 1 aliphatic rings. The normalized spacial score (nSPS) is 15.9. The number of carboxylic acids is 1. The Morgan fingerprint density at radius 2 is 1.95 bits per heavy atom. The molecular weight excluding hydrogens is 741 g/mol. The Kier molecular flexibility index (Phi) is 11.3. The number of carbonyl (C=O) groups is 1. The largest absolute Gasteiger partial charge is 0.496 e. The number of hydrogen-bond acceptors (Lipinski definition) is 10. The van der Waals surface area contributed by atoms with Crippen molar-refractivity contribution in [2.24, 2.45) is 0 Å². The van der Waals surface area contributed by atoms with Crippen LogP contribution in [0.4, 0.5) is 4.39 Å². The Balaban J connectivity index is 1.27. The van der Waals surface area contributed by atoms with Crippen LogP contribution in [0.2, 0.25) is 0 Å². The summed E-state index contributed by atoms with van der Waals surface area (Å²) < 4.78 is 32.1. The third-order valence-electron chi connectivity index (χ3n) is 8.85. The molecule has 13 heteroatoms. The van der Waals surface area contributed by atoms with Gasteiger partial charge in [0.25, 0.3) is 0 Å². The quantitative estimate of drug-likeness (QED) is 0.154. The second-order valence-corrected chi connectivity index (χ2v) is 13.8. The van der Waals surface area contributed by atoms with Crippen molar-refractivity contribution in [3.63, 3.8) is 0 Å². The maximum Gasteiger partial charge on any atom is 0.345 e. The van der Waals surface area contributed by atoms with Crippen molar-refractivity contribution >= 4 is 39.1 Å². The lowest BCUT2D eigenvalue weighted by atomic mass is 10.0. The van der Waals surface area contributed by atoms with E-state index in [-0.39, 0.29) is 29.8 Å². The van der Waals surface area contributed by atoms with E-state index in [0.29, 0.717) is 63.9 Å². The lowest BCUT2D eigenvalue weighted by Crippen LogP contribution is -2.30. The zero-order valence-corrected chi connectivity index (χ0v) is 31.0. The molecular formula is C42H33ClFN5O5S. The Bertz CT molecular complexity index is 2480. The van der Waals surface area contributed by atoms with Crippen LogP contribution in [0, 0.1) is 18.2 Å². The van der Waals surface area contributed by atoms with Gasteiger partial charge in [0.2, 0.25) is 12.0 Å². The smallest absolute Gasteiger partial charge is 0.345 e. The van der Waals surface area contributed by atoms with Crippen molar-refractivity contribution in [1.29, 1.82) is 0 Å². The molecule has 0 radical (unpaired) electrons. The number of thiophene rings is 1. The molecule has 1 aliphatic heterocycles. The van der Waals surface area contributed by atoms with Gasteiger partial charge in [0.1, 0.15) is 40.1 Å². The van der Waals surface area contributed by atoms with Gasteiger partial charge in [-0.1, -0.05) is 60.0 Å². The Morgan fingerprint density at radius 1 is 1.11 bits per heavy atom. The summed E-state index contributed by atoms with van der Waals surface area (Å²) in [6, 6.07) is 21.0. The van der Waals surface area contributed by atoms with Gasteiger partial charge in [-0.2, -0.15) is 0 Å². The number of carboxylic acid groups (broad SMARTS) is 1. The van der Waals surface area contributed by atoms with Crippen LogP contribution in [0.25, 0.3) is 32.0 Å². The predicted octanol–water partition coefficient (Wildman–Crippen LogP) is 7.94. The van der Waals surface area contributed by atoms with Gasteiger partial charge < -0.3 is 24.6 Å². The zero-order valence-electron chi connectivity index (χ0n) is 29.5. The van der Waals surface area contributed by atoms with Crippen molar-refractivity contribution in [2.45, 2.75) is 32.0 Å². The molecule has 0 amide bonds. The number of benzene rings is 3. The first kappa shape index (κ1) is 37.0. The number of rotatable bonds is 7. The molecule has 3 aromatic carbocycles. The first-order chi connectivity index (χ1) is 26.8. The number of terminal acetylenes is 1. The van der Waals surface area contributed by atoms with E-state index in [4.69, 9.17) is 37.2 Å². The number of hydrogen-bond donors (Lipinski definition) is 2. The van der Waals surface area contributed by atoms with Crippen LogP contribution in [0.15, 0.2) is 108 Å². The first-order valence-corrected chi connectivity index (χ1v) is 18.4. The minimum atomic E-state index is -1.35. The van der Waals surface area contributed by atoms with E-state index in [1.165, 1.54) is 29.8 Å². The van der Waals surface area contributed by atoms with Crippen LogP contribution in [0.3, 0.4) is 0 Å². The van der Waals surface area contributed by atoms with E-state index < -0.39 is 12.1 Å². The number of fused-ring (bicyclic) bond motifs is 2. The summed E-state index contributed by atoms with van der Waals surface area (Å²) in [7, 11) is 1.59. The number of allylic oxidation sites excluding steroid dienone is 3. The summed E-state index contributed by atoms with van der Waals surface area (Å²) in [6.07, 6.45) is 11.9. The maximum absolute atomic E-state index is 14.0. The van der Waals surface area contributed by atoms with Gasteiger partial charge in [-0.05, 0) is 77.6 Å². The second kappa shape index (κ2) is 16.8. The van der Waals surface area contributed by atoms with Gasteiger partial charge in [-0.15, -0.1) is 17.8 Å². The summed E-state index contributed by atoms with van der Waals surface area (Å²) in [5.74, 6) is 2.65. The van der Waals surface area contributed by atoms with Gasteiger partial charge in [0, 0.05) is 24.0 Å². The molecule has 4 heterocycles.